The second-order valence-corrected chi connectivity index (χ2v) is 8.62. The van der Waals surface area contributed by atoms with Crippen molar-refractivity contribution >= 4 is 29.5 Å². The number of hydrogen-bond donors (Lipinski definition) is 1. The van der Waals surface area contributed by atoms with Crippen LogP contribution in [0.4, 0.5) is 5.82 Å². The molecule has 0 saturated heterocycles. The Morgan fingerprint density at radius 3 is 2.47 bits per heavy atom. The van der Waals surface area contributed by atoms with Gasteiger partial charge in [0.1, 0.15) is 11.1 Å². The SMILES string of the molecule is C[C@@H](Sc1ccccc1)C(=O)OCC(=O)Nc1cc(C2CC2)nn1-c1ccccc1. The minimum Gasteiger partial charge on any atom is -0.455 e. The molecule has 1 aliphatic rings. The van der Waals surface area contributed by atoms with Gasteiger partial charge in [-0.15, -0.1) is 11.8 Å². The maximum absolute atomic E-state index is 12.4. The summed E-state index contributed by atoms with van der Waals surface area (Å²) in [7, 11) is 0. The first kappa shape index (κ1) is 20.2. The molecule has 7 heteroatoms. The van der Waals surface area contributed by atoms with Gasteiger partial charge in [0.15, 0.2) is 6.61 Å². The molecular formula is C23H23N3O3S. The maximum Gasteiger partial charge on any atom is 0.319 e. The molecule has 0 bridgehead atoms. The Morgan fingerprint density at radius 1 is 1.13 bits per heavy atom. The third kappa shape index (κ3) is 5.10. The second kappa shape index (κ2) is 9.17. The van der Waals surface area contributed by atoms with Crippen LogP contribution in [0.25, 0.3) is 5.69 Å². The van der Waals surface area contributed by atoms with Crippen LogP contribution < -0.4 is 5.32 Å². The van der Waals surface area contributed by atoms with E-state index in [1.807, 2.05) is 66.7 Å². The Labute approximate surface area is 179 Å². The summed E-state index contributed by atoms with van der Waals surface area (Å²) >= 11 is 1.40. The molecule has 2 aromatic carbocycles. The number of amides is 1. The van der Waals surface area contributed by atoms with E-state index in [4.69, 9.17) is 4.74 Å². The summed E-state index contributed by atoms with van der Waals surface area (Å²) in [4.78, 5) is 25.7. The molecule has 1 aromatic heterocycles. The van der Waals surface area contributed by atoms with Crippen LogP contribution in [-0.4, -0.2) is 33.5 Å². The van der Waals surface area contributed by atoms with E-state index < -0.39 is 11.2 Å². The van der Waals surface area contributed by atoms with Gasteiger partial charge in [0.05, 0.1) is 11.4 Å². The zero-order chi connectivity index (χ0) is 20.9. The van der Waals surface area contributed by atoms with Gasteiger partial charge in [0.2, 0.25) is 0 Å². The fourth-order valence-corrected chi connectivity index (χ4v) is 3.90. The second-order valence-electron chi connectivity index (χ2n) is 7.21. The molecule has 0 spiro atoms. The molecule has 154 valence electrons. The summed E-state index contributed by atoms with van der Waals surface area (Å²) in [5.74, 6) is 0.226. The molecule has 1 heterocycles. The van der Waals surface area contributed by atoms with Gasteiger partial charge in [-0.1, -0.05) is 36.4 Å². The fraction of sp³-hybridized carbons (Fsp3) is 0.261. The highest BCUT2D eigenvalue weighted by Crippen LogP contribution is 2.40. The molecule has 1 aliphatic carbocycles. The molecule has 3 aromatic rings. The van der Waals surface area contributed by atoms with Gasteiger partial charge < -0.3 is 10.1 Å². The van der Waals surface area contributed by atoms with Crippen molar-refractivity contribution < 1.29 is 14.3 Å². The van der Waals surface area contributed by atoms with E-state index in [2.05, 4.69) is 10.4 Å². The number of ether oxygens (including phenoxy) is 1. The number of carbonyl (C=O) groups excluding carboxylic acids is 2. The van der Waals surface area contributed by atoms with Crippen molar-refractivity contribution in [3.8, 4) is 5.69 Å². The number of hydrogen-bond acceptors (Lipinski definition) is 5. The quantitative estimate of drug-likeness (QED) is 0.431. The molecule has 1 N–H and O–H groups in total. The number of nitrogens with zero attached hydrogens (tertiary/aromatic N) is 2. The zero-order valence-corrected chi connectivity index (χ0v) is 17.5. The van der Waals surface area contributed by atoms with Crippen molar-refractivity contribution in [1.82, 2.24) is 9.78 Å². The molecule has 6 nitrogen and oxygen atoms in total. The maximum atomic E-state index is 12.4. The van der Waals surface area contributed by atoms with Crippen LogP contribution in [-0.2, 0) is 14.3 Å². The molecule has 30 heavy (non-hydrogen) atoms. The molecule has 4 rings (SSSR count). The minimum atomic E-state index is -0.422. The van der Waals surface area contributed by atoms with Crippen molar-refractivity contribution in [2.45, 2.75) is 35.8 Å². The van der Waals surface area contributed by atoms with Crippen molar-refractivity contribution in [2.75, 3.05) is 11.9 Å². The zero-order valence-electron chi connectivity index (χ0n) is 16.7. The highest BCUT2D eigenvalue weighted by molar-refractivity contribution is 8.00. The van der Waals surface area contributed by atoms with Crippen LogP contribution in [0.15, 0.2) is 71.6 Å². The van der Waals surface area contributed by atoms with E-state index in [-0.39, 0.29) is 12.5 Å². The predicted molar refractivity (Wildman–Crippen MR) is 117 cm³/mol. The van der Waals surface area contributed by atoms with E-state index in [1.54, 1.807) is 11.6 Å². The molecule has 0 radical (unpaired) electrons. The van der Waals surface area contributed by atoms with Gasteiger partial charge in [-0.2, -0.15) is 5.10 Å². The average Bonchev–Trinajstić information content (AvgIpc) is 3.54. The van der Waals surface area contributed by atoms with Crippen molar-refractivity contribution in [1.29, 1.82) is 0 Å². The lowest BCUT2D eigenvalue weighted by Crippen LogP contribution is -2.25. The molecule has 0 aliphatic heterocycles. The Bertz CT molecular complexity index is 1020. The third-order valence-corrected chi connectivity index (χ3v) is 5.82. The normalized spacial score (nSPS) is 14.2. The molecule has 1 amide bonds. The number of carbonyl (C=O) groups is 2. The topological polar surface area (TPSA) is 73.2 Å². The van der Waals surface area contributed by atoms with E-state index in [0.717, 1.165) is 29.1 Å². The Kier molecular flexibility index (Phi) is 6.18. The third-order valence-electron chi connectivity index (χ3n) is 4.73. The largest absolute Gasteiger partial charge is 0.455 e. The van der Waals surface area contributed by atoms with Crippen LogP contribution in [0.3, 0.4) is 0 Å². The number of para-hydroxylation sites is 1. The van der Waals surface area contributed by atoms with Crippen LogP contribution >= 0.6 is 11.8 Å². The van der Waals surface area contributed by atoms with Gasteiger partial charge in [-0.3, -0.25) is 9.59 Å². The number of benzene rings is 2. The predicted octanol–water partition coefficient (Wildman–Crippen LogP) is 4.41. The molecule has 0 unspecified atom stereocenters. The number of nitrogens with one attached hydrogen (secondary N) is 1. The standard InChI is InChI=1S/C23H23N3O3S/c1-16(30-19-10-6-3-7-11-19)23(28)29-15-22(27)24-21-14-20(17-12-13-17)25-26(21)18-8-4-2-5-9-18/h2-11,14,16-17H,12-13,15H2,1H3,(H,24,27)/t16-/m1/s1. The van der Waals surface area contributed by atoms with E-state index in [0.29, 0.717) is 11.7 Å². The fourth-order valence-electron chi connectivity index (χ4n) is 3.02. The lowest BCUT2D eigenvalue weighted by Gasteiger charge is -2.12. The van der Waals surface area contributed by atoms with Crippen LogP contribution in [0.1, 0.15) is 31.4 Å². The lowest BCUT2D eigenvalue weighted by molar-refractivity contribution is -0.146. The Hall–Kier alpha value is -3.06. The molecule has 1 fully saturated rings. The van der Waals surface area contributed by atoms with Crippen LogP contribution in [0.5, 0.6) is 0 Å². The smallest absolute Gasteiger partial charge is 0.319 e. The number of thioether (sulfide) groups is 1. The van der Waals surface area contributed by atoms with E-state index >= 15 is 0 Å². The first-order valence-electron chi connectivity index (χ1n) is 9.94. The summed E-state index contributed by atoms with van der Waals surface area (Å²) in [6.45, 7) is 1.43. The van der Waals surface area contributed by atoms with E-state index in [1.165, 1.54) is 11.8 Å². The van der Waals surface area contributed by atoms with Crippen LogP contribution in [0, 0.1) is 0 Å². The van der Waals surface area contributed by atoms with Gasteiger partial charge in [0.25, 0.3) is 5.91 Å². The van der Waals surface area contributed by atoms with Crippen molar-refractivity contribution in [2.24, 2.45) is 0 Å². The number of rotatable bonds is 8. The average molecular weight is 422 g/mol. The van der Waals surface area contributed by atoms with Gasteiger partial charge in [-0.25, -0.2) is 4.68 Å². The van der Waals surface area contributed by atoms with Crippen molar-refractivity contribution in [3.63, 3.8) is 0 Å². The van der Waals surface area contributed by atoms with E-state index in [9.17, 15) is 9.59 Å². The highest BCUT2D eigenvalue weighted by Gasteiger charge is 2.28. The van der Waals surface area contributed by atoms with Gasteiger partial charge >= 0.3 is 5.97 Å². The number of anilines is 1. The first-order chi connectivity index (χ1) is 14.6. The summed E-state index contributed by atoms with van der Waals surface area (Å²) in [5.41, 5.74) is 1.84. The van der Waals surface area contributed by atoms with Crippen molar-refractivity contribution in [3.05, 3.63) is 72.4 Å². The summed E-state index contributed by atoms with van der Waals surface area (Å²) in [6.07, 6.45) is 2.24. The highest BCUT2D eigenvalue weighted by atomic mass is 32.2. The molecule has 1 atom stereocenters. The summed E-state index contributed by atoms with van der Waals surface area (Å²) in [5, 5.41) is 7.08. The van der Waals surface area contributed by atoms with Gasteiger partial charge in [0, 0.05) is 16.9 Å². The number of aromatic nitrogens is 2. The summed E-state index contributed by atoms with van der Waals surface area (Å²) < 4.78 is 6.94. The summed E-state index contributed by atoms with van der Waals surface area (Å²) in [6, 6.07) is 21.2. The first-order valence-corrected chi connectivity index (χ1v) is 10.8. The Balaban J connectivity index is 1.36. The Morgan fingerprint density at radius 2 is 1.80 bits per heavy atom. The van der Waals surface area contributed by atoms with Gasteiger partial charge in [-0.05, 0) is 44.0 Å². The monoisotopic (exact) mass is 421 g/mol. The lowest BCUT2D eigenvalue weighted by atomic mass is 10.3. The molecular weight excluding hydrogens is 398 g/mol. The number of esters is 1. The van der Waals surface area contributed by atoms with Crippen LogP contribution in [0.2, 0.25) is 0 Å². The molecule has 1 saturated carbocycles. The minimum absolute atomic E-state index is 0.336.